The standard InChI is InChI=1S/C16H21N5O2/c1-4-13(22)10-21-19-15(18-20-21)14(11(2)3)17-16(23)12-8-6-5-7-9-12/h5-9,11,14H,4,10H2,1-3H3,(H,17,23)/t14-/m1/s1. The monoisotopic (exact) mass is 315 g/mol. The molecule has 0 saturated heterocycles. The van der Waals surface area contributed by atoms with Gasteiger partial charge in [0.15, 0.2) is 11.6 Å². The number of carbonyl (C=O) groups excluding carboxylic acids is 2. The first-order valence-corrected chi connectivity index (χ1v) is 7.66. The van der Waals surface area contributed by atoms with Crippen LogP contribution in [0.2, 0.25) is 0 Å². The van der Waals surface area contributed by atoms with E-state index in [1.807, 2.05) is 32.0 Å². The van der Waals surface area contributed by atoms with E-state index in [1.165, 1.54) is 4.80 Å². The number of amides is 1. The summed E-state index contributed by atoms with van der Waals surface area (Å²) >= 11 is 0. The Bertz CT molecular complexity index is 666. The summed E-state index contributed by atoms with van der Waals surface area (Å²) in [6, 6.07) is 8.60. The summed E-state index contributed by atoms with van der Waals surface area (Å²) in [6.45, 7) is 5.82. The number of hydrogen-bond acceptors (Lipinski definition) is 5. The molecule has 122 valence electrons. The van der Waals surface area contributed by atoms with Crippen LogP contribution in [-0.2, 0) is 11.3 Å². The third kappa shape index (κ3) is 4.45. The first-order chi connectivity index (χ1) is 11.0. The number of aromatic nitrogens is 4. The van der Waals surface area contributed by atoms with Crippen molar-refractivity contribution in [3.8, 4) is 0 Å². The first-order valence-electron chi connectivity index (χ1n) is 7.66. The van der Waals surface area contributed by atoms with E-state index < -0.39 is 0 Å². The fourth-order valence-electron chi connectivity index (χ4n) is 2.06. The lowest BCUT2D eigenvalue weighted by atomic mass is 10.0. The largest absolute Gasteiger partial charge is 0.342 e. The summed E-state index contributed by atoms with van der Waals surface area (Å²) < 4.78 is 0. The number of benzene rings is 1. The van der Waals surface area contributed by atoms with Gasteiger partial charge >= 0.3 is 0 Å². The van der Waals surface area contributed by atoms with Crippen LogP contribution in [0.1, 0.15) is 49.4 Å². The van der Waals surface area contributed by atoms with E-state index in [0.29, 0.717) is 17.8 Å². The second-order valence-corrected chi connectivity index (χ2v) is 5.63. The van der Waals surface area contributed by atoms with Crippen molar-refractivity contribution in [2.24, 2.45) is 5.92 Å². The number of carbonyl (C=O) groups is 2. The van der Waals surface area contributed by atoms with E-state index >= 15 is 0 Å². The minimum absolute atomic E-state index is 0.0309. The molecule has 0 saturated carbocycles. The van der Waals surface area contributed by atoms with E-state index in [2.05, 4.69) is 20.7 Å². The quantitative estimate of drug-likeness (QED) is 0.841. The number of hydrogen-bond donors (Lipinski definition) is 1. The Labute approximate surface area is 135 Å². The molecule has 1 heterocycles. The summed E-state index contributed by atoms with van der Waals surface area (Å²) in [5, 5.41) is 15.0. The number of ketones is 1. The van der Waals surface area contributed by atoms with Crippen LogP contribution in [0.4, 0.5) is 0 Å². The zero-order valence-corrected chi connectivity index (χ0v) is 13.6. The van der Waals surface area contributed by atoms with Gasteiger partial charge < -0.3 is 5.32 Å². The molecule has 1 aromatic heterocycles. The zero-order chi connectivity index (χ0) is 16.8. The zero-order valence-electron chi connectivity index (χ0n) is 13.6. The van der Waals surface area contributed by atoms with E-state index in [0.717, 1.165) is 0 Å². The van der Waals surface area contributed by atoms with Crippen LogP contribution < -0.4 is 5.32 Å². The predicted molar refractivity (Wildman–Crippen MR) is 84.6 cm³/mol. The fourth-order valence-corrected chi connectivity index (χ4v) is 2.06. The normalized spacial score (nSPS) is 12.2. The van der Waals surface area contributed by atoms with Gasteiger partial charge in [0.1, 0.15) is 6.54 Å². The van der Waals surface area contributed by atoms with Crippen molar-refractivity contribution in [3.63, 3.8) is 0 Å². The Morgan fingerprint density at radius 3 is 2.52 bits per heavy atom. The molecule has 1 aromatic carbocycles. The molecule has 23 heavy (non-hydrogen) atoms. The Hall–Kier alpha value is -2.57. The number of Topliss-reactive ketones (excluding diaryl/α,β-unsaturated/α-hetero) is 1. The van der Waals surface area contributed by atoms with E-state index in [-0.39, 0.29) is 30.2 Å². The van der Waals surface area contributed by atoms with Crippen molar-refractivity contribution in [3.05, 3.63) is 41.7 Å². The highest BCUT2D eigenvalue weighted by atomic mass is 16.1. The van der Waals surface area contributed by atoms with Crippen LogP contribution in [0.3, 0.4) is 0 Å². The van der Waals surface area contributed by atoms with Crippen molar-refractivity contribution in [1.29, 1.82) is 0 Å². The molecule has 1 amide bonds. The predicted octanol–water partition coefficient (Wildman–Crippen LogP) is 1.78. The van der Waals surface area contributed by atoms with Crippen LogP contribution in [-0.4, -0.2) is 31.9 Å². The lowest BCUT2D eigenvalue weighted by Crippen LogP contribution is -2.32. The molecule has 0 fully saturated rings. The molecule has 1 atom stereocenters. The van der Waals surface area contributed by atoms with Crippen molar-refractivity contribution in [2.45, 2.75) is 39.8 Å². The van der Waals surface area contributed by atoms with Gasteiger partial charge in [0, 0.05) is 12.0 Å². The van der Waals surface area contributed by atoms with Crippen LogP contribution in [0.5, 0.6) is 0 Å². The van der Waals surface area contributed by atoms with Crippen LogP contribution >= 0.6 is 0 Å². The minimum atomic E-state index is -0.367. The van der Waals surface area contributed by atoms with Gasteiger partial charge in [0.25, 0.3) is 5.91 Å². The average molecular weight is 315 g/mol. The molecule has 0 aliphatic heterocycles. The maximum absolute atomic E-state index is 12.3. The van der Waals surface area contributed by atoms with E-state index in [9.17, 15) is 9.59 Å². The van der Waals surface area contributed by atoms with Gasteiger partial charge in [-0.2, -0.15) is 4.80 Å². The molecular weight excluding hydrogens is 294 g/mol. The Kier molecular flexibility index (Phi) is 5.56. The molecule has 2 aromatic rings. The van der Waals surface area contributed by atoms with Gasteiger partial charge in [-0.25, -0.2) is 0 Å². The molecular formula is C16H21N5O2. The van der Waals surface area contributed by atoms with E-state index in [4.69, 9.17) is 0 Å². The summed E-state index contributed by atoms with van der Waals surface area (Å²) in [5.41, 5.74) is 0.576. The molecule has 0 bridgehead atoms. The van der Waals surface area contributed by atoms with Gasteiger partial charge in [0.05, 0.1) is 6.04 Å². The molecule has 0 unspecified atom stereocenters. The second-order valence-electron chi connectivity index (χ2n) is 5.63. The highest BCUT2D eigenvalue weighted by molar-refractivity contribution is 5.94. The second kappa shape index (κ2) is 7.62. The van der Waals surface area contributed by atoms with Gasteiger partial charge in [-0.05, 0) is 23.3 Å². The van der Waals surface area contributed by atoms with Crippen LogP contribution in [0, 0.1) is 5.92 Å². The third-order valence-corrected chi connectivity index (χ3v) is 3.45. The molecule has 7 nitrogen and oxygen atoms in total. The molecule has 0 radical (unpaired) electrons. The van der Waals surface area contributed by atoms with Gasteiger partial charge in [-0.3, -0.25) is 9.59 Å². The highest BCUT2D eigenvalue weighted by Gasteiger charge is 2.24. The van der Waals surface area contributed by atoms with Crippen molar-refractivity contribution in [2.75, 3.05) is 0 Å². The Balaban J connectivity index is 2.13. The van der Waals surface area contributed by atoms with Crippen molar-refractivity contribution >= 4 is 11.7 Å². The van der Waals surface area contributed by atoms with Crippen LogP contribution in [0.25, 0.3) is 0 Å². The van der Waals surface area contributed by atoms with E-state index in [1.54, 1.807) is 19.1 Å². The lowest BCUT2D eigenvalue weighted by molar-refractivity contribution is -0.119. The average Bonchev–Trinajstić information content (AvgIpc) is 3.00. The summed E-state index contributed by atoms with van der Waals surface area (Å²) in [5.74, 6) is 0.337. The van der Waals surface area contributed by atoms with Crippen molar-refractivity contribution < 1.29 is 9.59 Å². The Morgan fingerprint density at radius 2 is 1.91 bits per heavy atom. The summed E-state index contributed by atoms with van der Waals surface area (Å²) in [4.78, 5) is 25.0. The topological polar surface area (TPSA) is 89.8 Å². The van der Waals surface area contributed by atoms with Crippen LogP contribution in [0.15, 0.2) is 30.3 Å². The molecule has 2 rings (SSSR count). The number of tetrazole rings is 1. The number of rotatable bonds is 7. The fraction of sp³-hybridized carbons (Fsp3) is 0.438. The summed E-state index contributed by atoms with van der Waals surface area (Å²) in [7, 11) is 0. The lowest BCUT2D eigenvalue weighted by Gasteiger charge is -2.19. The minimum Gasteiger partial charge on any atom is -0.342 e. The maximum Gasteiger partial charge on any atom is 0.251 e. The van der Waals surface area contributed by atoms with Gasteiger partial charge in [-0.15, -0.1) is 10.2 Å². The molecule has 1 N–H and O–H groups in total. The molecule has 0 spiro atoms. The van der Waals surface area contributed by atoms with Gasteiger partial charge in [0.2, 0.25) is 0 Å². The van der Waals surface area contributed by atoms with Crippen molar-refractivity contribution in [1.82, 2.24) is 25.5 Å². The molecule has 0 aliphatic rings. The third-order valence-electron chi connectivity index (χ3n) is 3.45. The number of nitrogens with one attached hydrogen (secondary N) is 1. The smallest absolute Gasteiger partial charge is 0.251 e. The molecule has 7 heteroatoms. The first kappa shape index (κ1) is 16.8. The van der Waals surface area contributed by atoms with Gasteiger partial charge in [-0.1, -0.05) is 39.0 Å². The summed E-state index contributed by atoms with van der Waals surface area (Å²) in [6.07, 6.45) is 0.426. The number of nitrogens with zero attached hydrogens (tertiary/aromatic N) is 4. The maximum atomic E-state index is 12.3. The highest BCUT2D eigenvalue weighted by Crippen LogP contribution is 2.18. The SMILES string of the molecule is CCC(=O)Cn1nnc([C@H](NC(=O)c2ccccc2)C(C)C)n1. The Morgan fingerprint density at radius 1 is 1.22 bits per heavy atom. The molecule has 0 aliphatic carbocycles.